The summed E-state index contributed by atoms with van der Waals surface area (Å²) in [4.78, 5) is 29.1. The van der Waals surface area contributed by atoms with Crippen LogP contribution in [0.4, 0.5) is 0 Å². The first-order valence-corrected chi connectivity index (χ1v) is 16.8. The smallest absolute Gasteiger partial charge is 0.325 e. The highest BCUT2D eigenvalue weighted by molar-refractivity contribution is 5.74. The number of hydrogen-bond acceptors (Lipinski definition) is 5. The van der Waals surface area contributed by atoms with Crippen molar-refractivity contribution in [3.05, 3.63) is 77.2 Å². The van der Waals surface area contributed by atoms with Gasteiger partial charge in [-0.25, -0.2) is 0 Å². The zero-order valence-corrected chi connectivity index (χ0v) is 25.9. The van der Waals surface area contributed by atoms with Crippen LogP contribution in [-0.2, 0) is 22.6 Å². The monoisotopic (exact) mass is 600 g/mol. The summed E-state index contributed by atoms with van der Waals surface area (Å²) in [5.41, 5.74) is 4.61. The third-order valence-electron chi connectivity index (χ3n) is 10.6. The fraction of sp³-hybridized carbons (Fsp3) is 0.583. The number of carboxylic acid groups (broad SMARTS) is 2. The van der Waals surface area contributed by atoms with Crippen LogP contribution in [0.5, 0.6) is 0 Å². The number of aliphatic carboxylic acids is 2. The summed E-state index contributed by atoms with van der Waals surface area (Å²) < 4.78 is 1.67. The second-order valence-electron chi connectivity index (χ2n) is 13.6. The summed E-state index contributed by atoms with van der Waals surface area (Å²) in [5.74, 6) is -0.0768. The molecule has 4 aliphatic rings. The molecule has 1 aromatic carbocycles. The first-order chi connectivity index (χ1) is 21.4. The summed E-state index contributed by atoms with van der Waals surface area (Å²) in [6, 6.07) is 11.9. The van der Waals surface area contributed by atoms with Gasteiger partial charge in [0.05, 0.1) is 5.69 Å². The molecule has 44 heavy (non-hydrogen) atoms. The Morgan fingerprint density at radius 3 is 2.43 bits per heavy atom. The van der Waals surface area contributed by atoms with Gasteiger partial charge >= 0.3 is 11.9 Å². The van der Waals surface area contributed by atoms with Gasteiger partial charge in [0.25, 0.3) is 0 Å². The number of likely N-dealkylation sites (tertiary alicyclic amines) is 2. The Morgan fingerprint density at radius 2 is 1.75 bits per heavy atom. The molecule has 3 atom stereocenters. The molecule has 2 saturated heterocycles. The van der Waals surface area contributed by atoms with Crippen molar-refractivity contribution in [2.45, 2.75) is 82.7 Å². The highest BCUT2D eigenvalue weighted by Crippen LogP contribution is 2.39. The van der Waals surface area contributed by atoms with E-state index in [0.29, 0.717) is 24.2 Å². The molecule has 1 aromatic heterocycles. The lowest BCUT2D eigenvalue weighted by Crippen LogP contribution is -2.46. The normalized spacial score (nSPS) is 24.8. The van der Waals surface area contributed by atoms with Crippen molar-refractivity contribution in [3.63, 3.8) is 0 Å². The van der Waals surface area contributed by atoms with Gasteiger partial charge in [-0.15, -0.1) is 0 Å². The molecule has 3 heterocycles. The molecule has 1 saturated carbocycles. The lowest BCUT2D eigenvalue weighted by atomic mass is 9.83. The number of aromatic nitrogens is 2. The van der Waals surface area contributed by atoms with Crippen molar-refractivity contribution >= 4 is 11.9 Å². The Balaban J connectivity index is 1.12. The van der Waals surface area contributed by atoms with Gasteiger partial charge in [-0.05, 0) is 81.0 Å². The molecule has 2 aliphatic heterocycles. The maximum Gasteiger partial charge on any atom is 0.325 e. The predicted molar refractivity (Wildman–Crippen MR) is 171 cm³/mol. The van der Waals surface area contributed by atoms with E-state index in [-0.39, 0.29) is 18.5 Å². The van der Waals surface area contributed by atoms with Crippen LogP contribution in [0.3, 0.4) is 0 Å². The third kappa shape index (κ3) is 7.35. The van der Waals surface area contributed by atoms with Crippen LogP contribution >= 0.6 is 0 Å². The van der Waals surface area contributed by atoms with Crippen molar-refractivity contribution in [3.8, 4) is 0 Å². The zero-order valence-electron chi connectivity index (χ0n) is 25.9. The minimum Gasteiger partial charge on any atom is -0.480 e. The molecule has 0 amide bonds. The van der Waals surface area contributed by atoms with Gasteiger partial charge in [0.15, 0.2) is 0 Å². The number of carboxylic acids is 2. The SMILES string of the molecule is O=C(O)Cn1nc(C2CCN(C[C@@H]3CN([C@H](C(=O)O)C4CCCCC4)C[C@H]3C3=CC=CCC3)CC2)cc1Cc1ccccc1. The highest BCUT2D eigenvalue weighted by Gasteiger charge is 2.43. The molecule has 0 spiro atoms. The minimum atomic E-state index is -0.874. The van der Waals surface area contributed by atoms with E-state index in [2.05, 4.69) is 46.2 Å². The Labute approximate surface area is 261 Å². The molecule has 2 N–H and O–H groups in total. The first-order valence-electron chi connectivity index (χ1n) is 16.8. The quantitative estimate of drug-likeness (QED) is 0.347. The van der Waals surface area contributed by atoms with Crippen LogP contribution in [-0.4, -0.2) is 80.5 Å². The second-order valence-corrected chi connectivity index (χ2v) is 13.6. The molecule has 236 valence electrons. The van der Waals surface area contributed by atoms with Gasteiger partial charge in [-0.3, -0.25) is 19.2 Å². The van der Waals surface area contributed by atoms with Crippen LogP contribution in [0.2, 0.25) is 0 Å². The van der Waals surface area contributed by atoms with E-state index in [1.54, 1.807) is 4.68 Å². The molecule has 3 fully saturated rings. The Morgan fingerprint density at radius 1 is 0.977 bits per heavy atom. The molecule has 0 bridgehead atoms. The third-order valence-corrected chi connectivity index (χ3v) is 10.6. The van der Waals surface area contributed by atoms with Crippen molar-refractivity contribution in [1.29, 1.82) is 0 Å². The van der Waals surface area contributed by atoms with Gasteiger partial charge in [-0.1, -0.05) is 73.4 Å². The molecule has 0 radical (unpaired) electrons. The summed E-state index contributed by atoms with van der Waals surface area (Å²) in [6.07, 6.45) is 17.2. The molecule has 6 rings (SSSR count). The number of nitrogens with zero attached hydrogens (tertiary/aromatic N) is 4. The van der Waals surface area contributed by atoms with E-state index in [0.717, 1.165) is 101 Å². The summed E-state index contributed by atoms with van der Waals surface area (Å²) in [6.45, 7) is 4.57. The first kappa shape index (κ1) is 30.8. The molecule has 8 heteroatoms. The molecular weight excluding hydrogens is 552 g/mol. The highest BCUT2D eigenvalue weighted by atomic mass is 16.4. The van der Waals surface area contributed by atoms with E-state index in [4.69, 9.17) is 5.10 Å². The van der Waals surface area contributed by atoms with Crippen molar-refractivity contribution in [2.75, 3.05) is 32.7 Å². The van der Waals surface area contributed by atoms with Crippen molar-refractivity contribution < 1.29 is 19.8 Å². The number of benzene rings is 1. The van der Waals surface area contributed by atoms with E-state index in [1.807, 2.05) is 18.2 Å². The van der Waals surface area contributed by atoms with E-state index >= 15 is 0 Å². The number of allylic oxidation sites excluding steroid dienone is 3. The molecular formula is C36H48N4O4. The Hall–Kier alpha value is -3.23. The maximum atomic E-state index is 12.6. The zero-order chi connectivity index (χ0) is 30.5. The number of piperidine rings is 1. The summed E-state index contributed by atoms with van der Waals surface area (Å²) >= 11 is 0. The standard InChI is InChI=1S/C36H48N4O4/c41-34(42)25-40-31(20-26-10-4-1-5-11-26)21-33(37-40)28-16-18-38(19-17-28)22-30-23-39(24-32(30)27-12-6-2-7-13-27)35(36(43)44)29-14-8-3-9-15-29/h1-2,4-6,10-12,21,28-30,32,35H,3,7-9,13-20,22-25H2,(H,41,42)(H,43,44)/t30-,32+,35+/m1/s1. The lowest BCUT2D eigenvalue weighted by molar-refractivity contribution is -0.145. The average Bonchev–Trinajstić information content (AvgIpc) is 3.62. The fourth-order valence-electron chi connectivity index (χ4n) is 8.41. The number of rotatable bonds is 11. The molecule has 0 unspecified atom stereocenters. The molecule has 8 nitrogen and oxygen atoms in total. The van der Waals surface area contributed by atoms with E-state index in [1.165, 1.54) is 12.0 Å². The number of hydrogen-bond donors (Lipinski definition) is 2. The second kappa shape index (κ2) is 14.2. The largest absolute Gasteiger partial charge is 0.480 e. The van der Waals surface area contributed by atoms with Gasteiger partial charge in [0, 0.05) is 37.7 Å². The lowest BCUT2D eigenvalue weighted by Gasteiger charge is -2.35. The minimum absolute atomic E-state index is 0.121. The van der Waals surface area contributed by atoms with Crippen LogP contribution in [0.25, 0.3) is 0 Å². The molecule has 2 aromatic rings. The summed E-state index contributed by atoms with van der Waals surface area (Å²) in [5, 5.41) is 24.7. The maximum absolute atomic E-state index is 12.6. The van der Waals surface area contributed by atoms with Crippen LogP contribution in [0.1, 0.15) is 80.7 Å². The fourth-order valence-corrected chi connectivity index (χ4v) is 8.41. The van der Waals surface area contributed by atoms with Crippen LogP contribution in [0.15, 0.2) is 60.2 Å². The summed E-state index contributed by atoms with van der Waals surface area (Å²) in [7, 11) is 0. The van der Waals surface area contributed by atoms with Crippen LogP contribution < -0.4 is 0 Å². The van der Waals surface area contributed by atoms with Crippen LogP contribution in [0, 0.1) is 17.8 Å². The predicted octanol–water partition coefficient (Wildman–Crippen LogP) is 5.60. The Bertz CT molecular complexity index is 1340. The van der Waals surface area contributed by atoms with Gasteiger partial charge in [0.2, 0.25) is 0 Å². The van der Waals surface area contributed by atoms with Crippen molar-refractivity contribution in [2.24, 2.45) is 17.8 Å². The number of carbonyl (C=O) groups is 2. The average molecular weight is 601 g/mol. The van der Waals surface area contributed by atoms with Crippen molar-refractivity contribution in [1.82, 2.24) is 19.6 Å². The van der Waals surface area contributed by atoms with Gasteiger partial charge < -0.3 is 15.1 Å². The van der Waals surface area contributed by atoms with Gasteiger partial charge in [0.1, 0.15) is 12.6 Å². The topological polar surface area (TPSA) is 98.9 Å². The Kier molecular flexibility index (Phi) is 9.97. The van der Waals surface area contributed by atoms with Gasteiger partial charge in [-0.2, -0.15) is 5.10 Å². The van der Waals surface area contributed by atoms with E-state index in [9.17, 15) is 19.8 Å². The molecule has 2 aliphatic carbocycles. The van der Waals surface area contributed by atoms with E-state index < -0.39 is 11.9 Å².